The number of Topliss-reactive ketones (excluding diaryl/α,β-unsaturated/α-hetero) is 1. The van der Waals surface area contributed by atoms with Crippen LogP contribution >= 0.6 is 0 Å². The van der Waals surface area contributed by atoms with Gasteiger partial charge in [0.25, 0.3) is 0 Å². The van der Waals surface area contributed by atoms with Crippen molar-refractivity contribution in [2.45, 2.75) is 31.2 Å². The second-order valence-corrected chi connectivity index (χ2v) is 6.90. The fraction of sp³-hybridized carbons (Fsp3) is 0.381. The summed E-state index contributed by atoms with van der Waals surface area (Å²) in [7, 11) is 3.97. The van der Waals surface area contributed by atoms with E-state index in [1.165, 1.54) is 0 Å². The summed E-state index contributed by atoms with van der Waals surface area (Å²) in [5.74, 6) is -0.0598. The molecule has 6 nitrogen and oxygen atoms in total. The number of benzene rings is 2. The molecule has 0 spiro atoms. The van der Waals surface area contributed by atoms with Crippen LogP contribution in [0.4, 0.5) is 0 Å². The minimum absolute atomic E-state index is 0.00321. The van der Waals surface area contributed by atoms with Crippen molar-refractivity contribution in [3.05, 3.63) is 76.7 Å². The molecular weight excluding hydrogens is 344 g/mol. The molecule has 2 aromatic carbocycles. The minimum Gasteiger partial charge on any atom is -0.307 e. The maximum absolute atomic E-state index is 13.5. The Morgan fingerprint density at radius 2 is 1.56 bits per heavy atom. The van der Waals surface area contributed by atoms with Gasteiger partial charge in [0.05, 0.1) is 5.41 Å². The molecule has 0 heterocycles. The molecule has 27 heavy (non-hydrogen) atoms. The summed E-state index contributed by atoms with van der Waals surface area (Å²) in [6, 6.07) is 19.5. The van der Waals surface area contributed by atoms with E-state index in [0.29, 0.717) is 6.42 Å². The molecule has 0 amide bonds. The third kappa shape index (κ3) is 4.92. The zero-order valence-corrected chi connectivity index (χ0v) is 16.0. The summed E-state index contributed by atoms with van der Waals surface area (Å²) >= 11 is 0. The maximum atomic E-state index is 13.5. The predicted molar refractivity (Wildman–Crippen MR) is 102 cm³/mol. The van der Waals surface area contributed by atoms with Crippen LogP contribution in [0.25, 0.3) is 0 Å². The van der Waals surface area contributed by atoms with Crippen LogP contribution in [0.2, 0.25) is 0 Å². The van der Waals surface area contributed by atoms with Crippen LogP contribution in [0, 0.1) is 4.91 Å². The van der Waals surface area contributed by atoms with E-state index in [-0.39, 0.29) is 24.9 Å². The van der Waals surface area contributed by atoms with Crippen LogP contribution in [-0.2, 0) is 15.0 Å². The molecule has 0 radical (unpaired) electrons. The first-order chi connectivity index (χ1) is 12.9. The van der Waals surface area contributed by atoms with Crippen molar-refractivity contribution in [1.29, 1.82) is 0 Å². The smallest absolute Gasteiger partial charge is 0.307 e. The predicted octanol–water partition coefficient (Wildman–Crippen LogP) is 3.37. The second-order valence-electron chi connectivity index (χ2n) is 6.90. The van der Waals surface area contributed by atoms with E-state index in [1.54, 1.807) is 0 Å². The van der Waals surface area contributed by atoms with E-state index in [4.69, 9.17) is 5.21 Å². The molecule has 0 aromatic heterocycles. The lowest BCUT2D eigenvalue weighted by atomic mass is 9.67. The van der Waals surface area contributed by atoms with Gasteiger partial charge in [-0.3, -0.25) is 4.79 Å². The highest BCUT2D eigenvalue weighted by atomic mass is 16.9. The van der Waals surface area contributed by atoms with Crippen LogP contribution in [-0.4, -0.2) is 47.7 Å². The molecule has 2 rings (SSSR count). The van der Waals surface area contributed by atoms with Crippen LogP contribution in [0.15, 0.2) is 60.7 Å². The summed E-state index contributed by atoms with van der Waals surface area (Å²) < 4.78 is 0. The number of ketones is 1. The summed E-state index contributed by atoms with van der Waals surface area (Å²) in [6.07, 6.45) is 0.580. The van der Waals surface area contributed by atoms with Crippen molar-refractivity contribution in [3.8, 4) is 0 Å². The van der Waals surface area contributed by atoms with Crippen LogP contribution < -0.4 is 0 Å². The topological polar surface area (TPSA) is 69.8 Å². The van der Waals surface area contributed by atoms with Crippen LogP contribution in [0.3, 0.4) is 0 Å². The number of carbonyl (C=O) groups excluding carboxylic acids is 1. The van der Waals surface area contributed by atoms with Crippen LogP contribution in [0.5, 0.6) is 0 Å². The number of carbonyl (C=O) groups is 1. The summed E-state index contributed by atoms with van der Waals surface area (Å²) in [4.78, 5) is 30.7. The van der Waals surface area contributed by atoms with Crippen LogP contribution in [0.1, 0.15) is 30.9 Å². The SMILES string of the molecule is C[C@@H](CC(C(=O)CCO[N+](=O)O)(c1ccccc1)c1ccccc1)N(C)C. The number of hydrogen-bond donors (Lipinski definition) is 1. The summed E-state index contributed by atoms with van der Waals surface area (Å²) in [5.41, 5.74) is 0.925. The highest BCUT2D eigenvalue weighted by Gasteiger charge is 2.42. The zero-order chi connectivity index (χ0) is 19.9. The molecule has 0 aliphatic rings. The number of hydrogen-bond acceptors (Lipinski definition) is 4. The maximum Gasteiger partial charge on any atom is 0.475 e. The van der Waals surface area contributed by atoms with E-state index in [9.17, 15) is 9.70 Å². The van der Waals surface area contributed by atoms with Crippen molar-refractivity contribution in [1.82, 2.24) is 4.90 Å². The van der Waals surface area contributed by atoms with Gasteiger partial charge < -0.3 is 4.90 Å². The van der Waals surface area contributed by atoms with Gasteiger partial charge in [-0.2, -0.15) is 4.84 Å². The van der Waals surface area contributed by atoms with E-state index in [1.807, 2.05) is 74.8 Å². The normalized spacial score (nSPS) is 12.6. The van der Waals surface area contributed by atoms with Gasteiger partial charge in [-0.25, -0.2) is 5.21 Å². The van der Waals surface area contributed by atoms with Gasteiger partial charge in [0.2, 0.25) is 0 Å². The number of nitrogens with zero attached hydrogens (tertiary/aromatic N) is 2. The fourth-order valence-corrected chi connectivity index (χ4v) is 3.34. The van der Waals surface area contributed by atoms with E-state index in [2.05, 4.69) is 16.7 Å². The Bertz CT molecular complexity index is 708. The van der Waals surface area contributed by atoms with E-state index >= 15 is 0 Å². The lowest BCUT2D eigenvalue weighted by molar-refractivity contribution is -0.975. The number of rotatable bonds is 10. The van der Waals surface area contributed by atoms with Gasteiger partial charge >= 0.3 is 5.09 Å². The highest BCUT2D eigenvalue weighted by molar-refractivity contribution is 5.94. The Morgan fingerprint density at radius 1 is 1.07 bits per heavy atom. The molecule has 0 aliphatic heterocycles. The van der Waals surface area contributed by atoms with Gasteiger partial charge in [-0.05, 0) is 38.6 Å². The molecule has 144 valence electrons. The second kappa shape index (κ2) is 9.28. The van der Waals surface area contributed by atoms with Gasteiger partial charge in [-0.1, -0.05) is 60.7 Å². The Kier molecular flexibility index (Phi) is 7.07. The first-order valence-corrected chi connectivity index (χ1v) is 8.97. The Hall–Kier alpha value is -2.73. The van der Waals surface area contributed by atoms with Gasteiger partial charge in [0, 0.05) is 12.5 Å². The fourth-order valence-electron chi connectivity index (χ4n) is 3.34. The first-order valence-electron chi connectivity index (χ1n) is 8.97. The molecular formula is C21H27N2O4+. The summed E-state index contributed by atoms with van der Waals surface area (Å²) in [5, 5.41) is 8.05. The third-order valence-corrected chi connectivity index (χ3v) is 5.02. The molecule has 0 aliphatic carbocycles. The molecule has 0 fully saturated rings. The standard InChI is InChI=1S/C21H27N2O4/c1-17(22(2)3)16-21(18-10-6-4-7-11-18,19-12-8-5-9-13-19)20(24)14-15-27-23(25)26/h4-13,17H,14-16H2,1-3H3,(H,25,26)/q+1/t17-/m0/s1. The lowest BCUT2D eigenvalue weighted by Gasteiger charge is -2.37. The summed E-state index contributed by atoms with van der Waals surface area (Å²) in [6.45, 7) is 1.90. The Morgan fingerprint density at radius 3 is 1.96 bits per heavy atom. The molecule has 0 saturated heterocycles. The highest BCUT2D eigenvalue weighted by Crippen LogP contribution is 2.39. The quantitative estimate of drug-likeness (QED) is 0.649. The van der Waals surface area contributed by atoms with Crippen molar-refractivity contribution < 1.29 is 19.9 Å². The molecule has 1 atom stereocenters. The van der Waals surface area contributed by atoms with Gasteiger partial charge in [-0.15, -0.1) is 0 Å². The van der Waals surface area contributed by atoms with E-state index in [0.717, 1.165) is 11.1 Å². The Balaban J connectivity index is 2.55. The monoisotopic (exact) mass is 371 g/mol. The van der Waals surface area contributed by atoms with Crippen molar-refractivity contribution >= 4 is 5.78 Å². The van der Waals surface area contributed by atoms with Crippen molar-refractivity contribution in [2.24, 2.45) is 0 Å². The first kappa shape index (κ1) is 20.6. The van der Waals surface area contributed by atoms with E-state index < -0.39 is 10.5 Å². The largest absolute Gasteiger partial charge is 0.475 e. The average molecular weight is 371 g/mol. The molecule has 1 N–H and O–H groups in total. The molecule has 2 aromatic rings. The van der Waals surface area contributed by atoms with Gasteiger partial charge in [0.15, 0.2) is 12.4 Å². The zero-order valence-electron chi connectivity index (χ0n) is 16.0. The molecule has 0 bridgehead atoms. The third-order valence-electron chi connectivity index (χ3n) is 5.02. The average Bonchev–Trinajstić information content (AvgIpc) is 2.66. The van der Waals surface area contributed by atoms with Gasteiger partial charge in [0.1, 0.15) is 4.91 Å². The van der Waals surface area contributed by atoms with Crippen molar-refractivity contribution in [3.63, 3.8) is 0 Å². The molecule has 0 unspecified atom stereocenters. The molecule has 6 heteroatoms. The lowest BCUT2D eigenvalue weighted by Crippen LogP contribution is -2.43. The molecule has 0 saturated carbocycles. The Labute approximate surface area is 159 Å². The van der Waals surface area contributed by atoms with Crippen molar-refractivity contribution in [2.75, 3.05) is 20.7 Å². The minimum atomic E-state index is -0.876.